The first kappa shape index (κ1) is 18.3. The first-order valence-corrected chi connectivity index (χ1v) is 8.77. The zero-order valence-electron chi connectivity index (χ0n) is 13.4. The number of anilines is 1. The fourth-order valence-corrected chi connectivity index (χ4v) is 3.20. The summed E-state index contributed by atoms with van der Waals surface area (Å²) < 4.78 is 30.2. The SMILES string of the molecule is CCn1ncc(Cl)c1C(=O)Nc1nc(-c2ccc(OC(F)F)cc2)cs1. The number of nitrogens with zero attached hydrogens (tertiary/aromatic N) is 3. The summed E-state index contributed by atoms with van der Waals surface area (Å²) in [4.78, 5) is 16.7. The van der Waals surface area contributed by atoms with E-state index in [1.807, 2.05) is 6.92 Å². The van der Waals surface area contributed by atoms with Gasteiger partial charge in [-0.2, -0.15) is 13.9 Å². The Morgan fingerprint density at radius 1 is 1.38 bits per heavy atom. The number of aryl methyl sites for hydroxylation is 1. The Hall–Kier alpha value is -2.52. The monoisotopic (exact) mass is 398 g/mol. The van der Waals surface area contributed by atoms with Crippen LogP contribution in [0.4, 0.5) is 13.9 Å². The number of ether oxygens (including phenoxy) is 1. The lowest BCUT2D eigenvalue weighted by molar-refractivity contribution is -0.0498. The van der Waals surface area contributed by atoms with Crippen LogP contribution in [0.1, 0.15) is 17.4 Å². The van der Waals surface area contributed by atoms with E-state index in [4.69, 9.17) is 11.6 Å². The number of benzene rings is 1. The van der Waals surface area contributed by atoms with Crippen LogP contribution in [0, 0.1) is 0 Å². The Morgan fingerprint density at radius 2 is 2.12 bits per heavy atom. The summed E-state index contributed by atoms with van der Waals surface area (Å²) in [7, 11) is 0. The molecule has 26 heavy (non-hydrogen) atoms. The van der Waals surface area contributed by atoms with Crippen molar-refractivity contribution in [3.05, 3.63) is 46.6 Å². The molecule has 0 aliphatic heterocycles. The number of carbonyl (C=O) groups excluding carboxylic acids is 1. The van der Waals surface area contributed by atoms with Crippen LogP contribution in [0.15, 0.2) is 35.8 Å². The highest BCUT2D eigenvalue weighted by Gasteiger charge is 2.18. The van der Waals surface area contributed by atoms with Gasteiger partial charge >= 0.3 is 6.61 Å². The third-order valence-electron chi connectivity index (χ3n) is 3.41. The molecule has 0 saturated heterocycles. The molecule has 0 saturated carbocycles. The summed E-state index contributed by atoms with van der Waals surface area (Å²) in [5.41, 5.74) is 1.57. The van der Waals surface area contributed by atoms with Gasteiger partial charge in [-0.05, 0) is 31.2 Å². The summed E-state index contributed by atoms with van der Waals surface area (Å²) in [5.74, 6) is -0.342. The average molecular weight is 399 g/mol. The molecule has 0 bridgehead atoms. The highest BCUT2D eigenvalue weighted by molar-refractivity contribution is 7.14. The van der Waals surface area contributed by atoms with Crippen LogP contribution in [-0.2, 0) is 6.54 Å². The molecule has 0 aliphatic carbocycles. The summed E-state index contributed by atoms with van der Waals surface area (Å²) in [6.45, 7) is -0.514. The van der Waals surface area contributed by atoms with Gasteiger partial charge in [-0.3, -0.25) is 14.8 Å². The van der Waals surface area contributed by atoms with Crippen LogP contribution in [-0.4, -0.2) is 27.3 Å². The molecule has 136 valence electrons. The van der Waals surface area contributed by atoms with Crippen LogP contribution < -0.4 is 10.1 Å². The van der Waals surface area contributed by atoms with Gasteiger partial charge in [0.15, 0.2) is 5.13 Å². The minimum atomic E-state index is -2.87. The van der Waals surface area contributed by atoms with Gasteiger partial charge in [0.05, 0.1) is 16.9 Å². The minimum absolute atomic E-state index is 0.0648. The van der Waals surface area contributed by atoms with Gasteiger partial charge in [-0.1, -0.05) is 11.6 Å². The number of nitrogens with one attached hydrogen (secondary N) is 1. The molecule has 6 nitrogen and oxygen atoms in total. The average Bonchev–Trinajstić information content (AvgIpc) is 3.21. The van der Waals surface area contributed by atoms with E-state index in [1.165, 1.54) is 34.3 Å². The highest BCUT2D eigenvalue weighted by atomic mass is 35.5. The van der Waals surface area contributed by atoms with Crippen molar-refractivity contribution >= 4 is 34.0 Å². The molecule has 0 unspecified atom stereocenters. The predicted molar refractivity (Wildman–Crippen MR) is 95.0 cm³/mol. The molecular weight excluding hydrogens is 386 g/mol. The smallest absolute Gasteiger partial charge is 0.387 e. The van der Waals surface area contributed by atoms with Crippen LogP contribution in [0.2, 0.25) is 5.02 Å². The van der Waals surface area contributed by atoms with Crippen molar-refractivity contribution in [2.75, 3.05) is 5.32 Å². The van der Waals surface area contributed by atoms with Gasteiger partial charge in [0, 0.05) is 17.5 Å². The third kappa shape index (κ3) is 4.00. The van der Waals surface area contributed by atoms with Crippen molar-refractivity contribution in [3.63, 3.8) is 0 Å². The molecule has 1 amide bonds. The first-order chi connectivity index (χ1) is 12.5. The lowest BCUT2D eigenvalue weighted by Gasteiger charge is -2.05. The van der Waals surface area contributed by atoms with Crippen LogP contribution in [0.3, 0.4) is 0 Å². The van der Waals surface area contributed by atoms with Gasteiger partial charge in [-0.15, -0.1) is 11.3 Å². The van der Waals surface area contributed by atoms with E-state index in [-0.39, 0.29) is 16.5 Å². The van der Waals surface area contributed by atoms with E-state index in [0.717, 1.165) is 0 Å². The summed E-state index contributed by atoms with van der Waals surface area (Å²) in [5, 5.41) is 9.10. The Bertz CT molecular complexity index is 911. The standard InChI is InChI=1S/C16H13ClF2N4O2S/c1-2-23-13(11(17)7-20-23)14(24)22-16-21-12(8-26-16)9-3-5-10(6-4-9)25-15(18)19/h3-8,15H,2H2,1H3,(H,21,22,24). The maximum atomic E-state index is 12.4. The first-order valence-electron chi connectivity index (χ1n) is 7.51. The largest absolute Gasteiger partial charge is 0.435 e. The molecular formula is C16H13ClF2N4O2S. The lowest BCUT2D eigenvalue weighted by atomic mass is 10.2. The Kier molecular flexibility index (Phi) is 5.48. The number of halogens is 3. The Morgan fingerprint density at radius 3 is 2.77 bits per heavy atom. The molecule has 1 N–H and O–H groups in total. The number of alkyl halides is 2. The number of amides is 1. The van der Waals surface area contributed by atoms with E-state index in [2.05, 4.69) is 20.1 Å². The summed E-state index contributed by atoms with van der Waals surface area (Å²) in [6, 6.07) is 6.08. The molecule has 2 aromatic heterocycles. The van der Waals surface area contributed by atoms with Gasteiger partial charge < -0.3 is 4.74 Å². The second-order valence-electron chi connectivity index (χ2n) is 5.05. The fraction of sp³-hybridized carbons (Fsp3) is 0.188. The van der Waals surface area contributed by atoms with E-state index in [0.29, 0.717) is 22.9 Å². The van der Waals surface area contributed by atoms with Gasteiger partial charge in [0.25, 0.3) is 5.91 Å². The van der Waals surface area contributed by atoms with E-state index < -0.39 is 12.5 Å². The highest BCUT2D eigenvalue weighted by Crippen LogP contribution is 2.27. The topological polar surface area (TPSA) is 69.0 Å². The van der Waals surface area contributed by atoms with Crippen LogP contribution in [0.25, 0.3) is 11.3 Å². The van der Waals surface area contributed by atoms with E-state index in [9.17, 15) is 13.6 Å². The number of rotatable bonds is 6. The maximum Gasteiger partial charge on any atom is 0.387 e. The van der Waals surface area contributed by atoms with Crippen molar-refractivity contribution < 1.29 is 18.3 Å². The van der Waals surface area contributed by atoms with Gasteiger partial charge in [0.2, 0.25) is 0 Å². The lowest BCUT2D eigenvalue weighted by Crippen LogP contribution is -2.17. The number of carbonyl (C=O) groups is 1. The maximum absolute atomic E-state index is 12.4. The second-order valence-corrected chi connectivity index (χ2v) is 6.32. The Balaban J connectivity index is 1.73. The molecule has 0 fully saturated rings. The van der Waals surface area contributed by atoms with Gasteiger partial charge in [0.1, 0.15) is 11.4 Å². The molecule has 0 aliphatic rings. The molecule has 1 aromatic carbocycles. The van der Waals surface area contributed by atoms with Crippen molar-refractivity contribution in [3.8, 4) is 17.0 Å². The number of hydrogen-bond acceptors (Lipinski definition) is 5. The molecule has 3 rings (SSSR count). The molecule has 10 heteroatoms. The van der Waals surface area contributed by atoms with Crippen LogP contribution in [0.5, 0.6) is 5.75 Å². The molecule has 2 heterocycles. The molecule has 0 atom stereocenters. The molecule has 3 aromatic rings. The number of hydrogen-bond donors (Lipinski definition) is 1. The molecule has 0 radical (unpaired) electrons. The van der Waals surface area contributed by atoms with E-state index in [1.54, 1.807) is 17.5 Å². The molecule has 0 spiro atoms. The van der Waals surface area contributed by atoms with Crippen molar-refractivity contribution in [1.82, 2.24) is 14.8 Å². The normalized spacial score (nSPS) is 11.0. The van der Waals surface area contributed by atoms with E-state index >= 15 is 0 Å². The minimum Gasteiger partial charge on any atom is -0.435 e. The summed E-state index contributed by atoms with van der Waals surface area (Å²) >= 11 is 7.25. The van der Waals surface area contributed by atoms with Crippen molar-refractivity contribution in [1.29, 1.82) is 0 Å². The number of thiazole rings is 1. The zero-order valence-corrected chi connectivity index (χ0v) is 15.0. The predicted octanol–water partition coefficient (Wildman–Crippen LogP) is 4.53. The fourth-order valence-electron chi connectivity index (χ4n) is 2.26. The quantitative estimate of drug-likeness (QED) is 0.662. The van der Waals surface area contributed by atoms with Gasteiger partial charge in [-0.25, -0.2) is 4.98 Å². The number of aromatic nitrogens is 3. The zero-order chi connectivity index (χ0) is 18.7. The van der Waals surface area contributed by atoms with Crippen molar-refractivity contribution in [2.24, 2.45) is 0 Å². The summed E-state index contributed by atoms with van der Waals surface area (Å²) in [6.07, 6.45) is 1.41. The van der Waals surface area contributed by atoms with Crippen LogP contribution >= 0.6 is 22.9 Å². The Labute approximate surface area is 156 Å². The third-order valence-corrected chi connectivity index (χ3v) is 4.44. The van der Waals surface area contributed by atoms with Crippen molar-refractivity contribution in [2.45, 2.75) is 20.1 Å². The second kappa shape index (κ2) is 7.79.